The van der Waals surface area contributed by atoms with Gasteiger partial charge in [0.1, 0.15) is 14.7 Å². The van der Waals surface area contributed by atoms with Crippen LogP contribution in [0, 0.1) is 6.92 Å². The zero-order valence-electron chi connectivity index (χ0n) is 29.5. The van der Waals surface area contributed by atoms with Crippen molar-refractivity contribution in [2.75, 3.05) is 16.9 Å². The molecule has 0 aliphatic heterocycles. The topological polar surface area (TPSA) is 330 Å². The van der Waals surface area contributed by atoms with Crippen molar-refractivity contribution >= 4 is 97.0 Å². The molecule has 0 saturated heterocycles. The van der Waals surface area contributed by atoms with Gasteiger partial charge < -0.3 is 15.7 Å². The Labute approximate surface area is 329 Å². The van der Waals surface area contributed by atoms with Crippen molar-refractivity contribution in [3.8, 4) is 6.01 Å². The molecule has 0 fully saturated rings. The van der Waals surface area contributed by atoms with Gasteiger partial charge in [0.05, 0.1) is 33.3 Å². The van der Waals surface area contributed by atoms with Gasteiger partial charge in [-0.05, 0) is 91.3 Å². The van der Waals surface area contributed by atoms with Crippen molar-refractivity contribution in [2.45, 2.75) is 26.5 Å². The first-order chi connectivity index (χ1) is 27.0. The van der Waals surface area contributed by atoms with Crippen molar-refractivity contribution in [3.05, 3.63) is 96.6 Å². The Balaban J connectivity index is 1.22. The largest absolute Gasteiger partial charge is 0.479 e. The summed E-state index contributed by atoms with van der Waals surface area (Å²) in [5.41, 5.74) is 0.962. The van der Waals surface area contributed by atoms with Crippen LogP contribution < -0.4 is 10.6 Å². The molecule has 300 valence electrons. The van der Waals surface area contributed by atoms with Gasteiger partial charge in [0.2, 0.25) is 11.9 Å². The number of aryl methyl sites for hydroxylation is 1. The smallest absolute Gasteiger partial charge is 0.320 e. The zero-order chi connectivity index (χ0) is 42.2. The van der Waals surface area contributed by atoms with E-state index in [1.807, 2.05) is 0 Å². The van der Waals surface area contributed by atoms with E-state index < -0.39 is 60.9 Å². The van der Waals surface area contributed by atoms with Crippen LogP contribution in [0.25, 0.3) is 10.8 Å². The normalized spacial score (nSPS) is 12.7. The molecule has 0 bridgehead atoms. The lowest BCUT2D eigenvalue weighted by Gasteiger charge is -2.11. The van der Waals surface area contributed by atoms with Gasteiger partial charge >= 0.3 is 6.01 Å². The Morgan fingerprint density at radius 1 is 0.552 bits per heavy atom. The molecule has 0 aliphatic carbocycles. The monoisotopic (exact) mass is 869 g/mol. The van der Waals surface area contributed by atoms with Gasteiger partial charge in [-0.1, -0.05) is 12.1 Å². The number of nitrogens with one attached hydrogen (secondary N) is 2. The predicted octanol–water partition coefficient (Wildman–Crippen LogP) is 6.50. The summed E-state index contributed by atoms with van der Waals surface area (Å²) in [6, 6.07) is 18.4. The number of rotatable bonds is 12. The molecule has 0 spiro atoms. The van der Waals surface area contributed by atoms with Gasteiger partial charge in [-0.2, -0.15) is 60.7 Å². The van der Waals surface area contributed by atoms with Crippen LogP contribution in [0.1, 0.15) is 5.56 Å². The third-order valence-corrected chi connectivity index (χ3v) is 11.7. The summed E-state index contributed by atoms with van der Waals surface area (Å²) in [4.78, 5) is 9.84. The fraction of sp³-hybridized carbons (Fsp3) is 0.0606. The molecule has 5 aromatic carbocycles. The SMILES string of the molecule is Cc1cc(Nc2nc(O)nc(Nc3ccc(/N=N/c4ccc(S(C)(=O)=O)cc4)cc3S(=O)(=O)O)n2)ccc1/N=N/c1cc(S(=O)(=O)O)c2cccc(S(=O)(=O)O)c2c1. The Hall–Kier alpha value is -6.35. The number of hydrogen-bond acceptors (Lipinski definition) is 18. The van der Waals surface area contributed by atoms with Gasteiger partial charge in [0.15, 0.2) is 9.84 Å². The molecule has 6 rings (SSSR count). The molecule has 0 saturated carbocycles. The number of aromatic nitrogens is 3. The maximum Gasteiger partial charge on any atom is 0.320 e. The number of azo groups is 2. The molecule has 0 unspecified atom stereocenters. The summed E-state index contributed by atoms with van der Waals surface area (Å²) in [5, 5.41) is 31.3. The number of sulfone groups is 1. The van der Waals surface area contributed by atoms with Crippen LogP contribution in [0.5, 0.6) is 6.01 Å². The first-order valence-electron chi connectivity index (χ1n) is 15.9. The molecule has 1 heterocycles. The Morgan fingerprint density at radius 2 is 1.14 bits per heavy atom. The van der Waals surface area contributed by atoms with Gasteiger partial charge in [-0.3, -0.25) is 13.7 Å². The first kappa shape index (κ1) is 41.3. The van der Waals surface area contributed by atoms with Crippen molar-refractivity contribution in [1.82, 2.24) is 15.0 Å². The highest BCUT2D eigenvalue weighted by Crippen LogP contribution is 2.35. The highest BCUT2D eigenvalue weighted by molar-refractivity contribution is 7.90. The fourth-order valence-corrected chi connectivity index (χ4v) is 7.97. The minimum atomic E-state index is -4.88. The Kier molecular flexibility index (Phi) is 11.1. The molecule has 0 atom stereocenters. The second-order valence-electron chi connectivity index (χ2n) is 12.1. The van der Waals surface area contributed by atoms with E-state index in [4.69, 9.17) is 0 Å². The summed E-state index contributed by atoms with van der Waals surface area (Å²) in [7, 11) is -18.0. The third-order valence-electron chi connectivity index (χ3n) is 7.84. The van der Waals surface area contributed by atoms with Crippen molar-refractivity contribution in [2.24, 2.45) is 20.5 Å². The molecule has 0 aliphatic rings. The summed E-state index contributed by atoms with van der Waals surface area (Å²) in [5.74, 6) is -0.563. The molecule has 25 heteroatoms. The summed E-state index contributed by atoms with van der Waals surface area (Å²) in [6.45, 7) is 1.63. The summed E-state index contributed by atoms with van der Waals surface area (Å²) >= 11 is 0. The van der Waals surface area contributed by atoms with E-state index in [9.17, 15) is 52.4 Å². The minimum absolute atomic E-state index is 0.00373. The number of fused-ring (bicyclic) bond motifs is 1. The molecular formula is C33H27N9O12S4. The molecular weight excluding hydrogens is 843 g/mol. The van der Waals surface area contributed by atoms with Gasteiger partial charge in [-0.25, -0.2) is 8.42 Å². The van der Waals surface area contributed by atoms with Gasteiger partial charge in [0, 0.05) is 22.7 Å². The van der Waals surface area contributed by atoms with E-state index in [2.05, 4.69) is 46.0 Å². The van der Waals surface area contributed by atoms with Gasteiger partial charge in [-0.15, -0.1) is 0 Å². The van der Waals surface area contributed by atoms with E-state index in [1.165, 1.54) is 66.7 Å². The number of hydrogen-bond donors (Lipinski definition) is 6. The van der Waals surface area contributed by atoms with E-state index >= 15 is 0 Å². The van der Waals surface area contributed by atoms with Crippen LogP contribution in [0.4, 0.5) is 46.0 Å². The number of anilines is 4. The predicted molar refractivity (Wildman–Crippen MR) is 207 cm³/mol. The van der Waals surface area contributed by atoms with Crippen LogP contribution in [-0.4, -0.2) is 73.6 Å². The van der Waals surface area contributed by atoms with Crippen LogP contribution in [0.15, 0.2) is 131 Å². The van der Waals surface area contributed by atoms with E-state index in [0.29, 0.717) is 11.3 Å². The van der Waals surface area contributed by atoms with Crippen molar-refractivity contribution in [3.63, 3.8) is 0 Å². The standard InChI is InChI=1S/C33H27N9O12S4/c1-18-14-20(8-12-26(18)42-41-22-15-25-24(29(17-22)57(49,50)51)4-3-5-28(25)56(46,47)48)34-31-36-32(38-33(43)37-31)35-27-13-9-21(16-30(27)58(52,53)54)40-39-19-6-10-23(11-7-19)55(2,44)45/h3-17H,1-2H3,(H,46,47,48)(H,49,50,51)(H,52,53,54)(H3,34,35,36,37,38,43)/b40-39+,42-41+. The maximum absolute atomic E-state index is 12.3. The zero-order valence-corrected chi connectivity index (χ0v) is 32.7. The van der Waals surface area contributed by atoms with E-state index in [1.54, 1.807) is 13.0 Å². The number of benzene rings is 5. The van der Waals surface area contributed by atoms with Crippen LogP contribution in [-0.2, 0) is 40.2 Å². The van der Waals surface area contributed by atoms with Crippen molar-refractivity contribution < 1.29 is 52.4 Å². The molecule has 6 N–H and O–H groups in total. The Bertz CT molecular complexity index is 3150. The molecule has 21 nitrogen and oxygen atoms in total. The highest BCUT2D eigenvalue weighted by Gasteiger charge is 2.22. The Morgan fingerprint density at radius 3 is 1.76 bits per heavy atom. The van der Waals surface area contributed by atoms with Crippen LogP contribution >= 0.6 is 0 Å². The number of aromatic hydroxyl groups is 1. The lowest BCUT2D eigenvalue weighted by molar-refractivity contribution is 0.430. The molecule has 1 aromatic heterocycles. The lowest BCUT2D eigenvalue weighted by atomic mass is 10.1. The average molecular weight is 870 g/mol. The lowest BCUT2D eigenvalue weighted by Crippen LogP contribution is -2.07. The van der Waals surface area contributed by atoms with Crippen LogP contribution in [0.3, 0.4) is 0 Å². The fourth-order valence-electron chi connectivity index (χ4n) is 5.25. The first-order valence-corrected chi connectivity index (χ1v) is 22.1. The number of nitrogens with zero attached hydrogens (tertiary/aromatic N) is 7. The van der Waals surface area contributed by atoms with E-state index in [0.717, 1.165) is 24.5 Å². The molecule has 0 radical (unpaired) electrons. The minimum Gasteiger partial charge on any atom is -0.479 e. The second-order valence-corrected chi connectivity index (χ2v) is 18.3. The van der Waals surface area contributed by atoms with Gasteiger partial charge in [0.25, 0.3) is 30.4 Å². The summed E-state index contributed by atoms with van der Waals surface area (Å²) < 4.78 is 126. The molecule has 0 amide bonds. The van der Waals surface area contributed by atoms with Crippen molar-refractivity contribution in [1.29, 1.82) is 0 Å². The van der Waals surface area contributed by atoms with E-state index in [-0.39, 0.29) is 56.0 Å². The quantitative estimate of drug-likeness (QED) is 0.0564. The maximum atomic E-state index is 12.3. The summed E-state index contributed by atoms with van der Waals surface area (Å²) in [6.07, 6.45) is 1.05. The third kappa shape index (κ3) is 9.77. The highest BCUT2D eigenvalue weighted by atomic mass is 32.2. The molecule has 6 aromatic rings. The average Bonchev–Trinajstić information content (AvgIpc) is 3.12. The second kappa shape index (κ2) is 15.5. The molecule has 58 heavy (non-hydrogen) atoms. The van der Waals surface area contributed by atoms with Crippen LogP contribution in [0.2, 0.25) is 0 Å².